The first-order valence-corrected chi connectivity index (χ1v) is 7.57. The van der Waals surface area contributed by atoms with Crippen molar-refractivity contribution in [1.82, 2.24) is 0 Å². The Labute approximate surface area is 149 Å². The molecule has 6 nitrogen and oxygen atoms in total. The normalized spacial score (nSPS) is 11.4. The fraction of sp³-hybridized carbons (Fsp3) is 0.111. The van der Waals surface area contributed by atoms with Crippen LogP contribution in [0.2, 0.25) is 0 Å². The molecule has 0 atom stereocenters. The van der Waals surface area contributed by atoms with Gasteiger partial charge in [-0.2, -0.15) is 0 Å². The van der Waals surface area contributed by atoms with Gasteiger partial charge in [-0.15, -0.1) is 13.2 Å². The van der Waals surface area contributed by atoms with Gasteiger partial charge in [0.25, 0.3) is 5.91 Å². The summed E-state index contributed by atoms with van der Waals surface area (Å²) in [4.78, 5) is 23.1. The number of ether oxygens (including phenoxy) is 2. The second kappa shape index (κ2) is 7.02. The van der Waals surface area contributed by atoms with Gasteiger partial charge < -0.3 is 19.6 Å². The fourth-order valence-electron chi connectivity index (χ4n) is 2.43. The molecule has 0 aliphatic heterocycles. The Morgan fingerprint density at radius 3 is 2.52 bits per heavy atom. The van der Waals surface area contributed by atoms with E-state index in [0.29, 0.717) is 5.39 Å². The van der Waals surface area contributed by atoms with Gasteiger partial charge >= 0.3 is 12.0 Å². The van der Waals surface area contributed by atoms with Gasteiger partial charge in [-0.3, -0.25) is 4.79 Å². The molecule has 0 aliphatic rings. The Morgan fingerprint density at radius 2 is 1.81 bits per heavy atom. The zero-order chi connectivity index (χ0) is 19.6. The predicted molar refractivity (Wildman–Crippen MR) is 89.3 cm³/mol. The standard InChI is InChI=1S/C18H12F3NO5/c19-18(20,21)27-14-4-2-1-3-12(14)13-7-10-5-6-11(25-9-16(22)23)8-15(10)26-17(13)24/h1-8H,9H2,(H2,22,23). The average molecular weight is 379 g/mol. The first kappa shape index (κ1) is 18.3. The third-order valence-electron chi connectivity index (χ3n) is 3.49. The number of fused-ring (bicyclic) bond motifs is 1. The molecule has 2 N–H and O–H groups in total. The van der Waals surface area contributed by atoms with Gasteiger partial charge in [0.05, 0.1) is 5.56 Å². The molecular weight excluding hydrogens is 367 g/mol. The predicted octanol–water partition coefficient (Wildman–Crippen LogP) is 3.22. The van der Waals surface area contributed by atoms with Crippen LogP contribution in [0.25, 0.3) is 22.1 Å². The Balaban J connectivity index is 2.04. The van der Waals surface area contributed by atoms with Gasteiger partial charge in [-0.05, 0) is 24.3 Å². The first-order chi connectivity index (χ1) is 12.7. The summed E-state index contributed by atoms with van der Waals surface area (Å²) in [7, 11) is 0. The highest BCUT2D eigenvalue weighted by molar-refractivity contribution is 5.84. The minimum Gasteiger partial charge on any atom is -0.484 e. The Hall–Kier alpha value is -3.49. The number of carbonyl (C=O) groups is 1. The van der Waals surface area contributed by atoms with Crippen LogP contribution in [0.15, 0.2) is 57.7 Å². The number of hydrogen-bond acceptors (Lipinski definition) is 5. The minimum absolute atomic E-state index is 0.0560. The Kier molecular flexibility index (Phi) is 4.76. The SMILES string of the molecule is NC(=O)COc1ccc2cc(-c3ccccc3OC(F)(F)F)c(=O)oc2c1. The van der Waals surface area contributed by atoms with Crippen molar-refractivity contribution in [3.63, 3.8) is 0 Å². The van der Waals surface area contributed by atoms with Gasteiger partial charge in [0.1, 0.15) is 17.1 Å². The molecule has 3 rings (SSSR count). The molecule has 1 aromatic heterocycles. The number of para-hydroxylation sites is 1. The third kappa shape index (κ3) is 4.38. The average Bonchev–Trinajstić information content (AvgIpc) is 2.58. The summed E-state index contributed by atoms with van der Waals surface area (Å²) in [6.45, 7) is -0.351. The van der Waals surface area contributed by atoms with Crippen LogP contribution < -0.4 is 20.8 Å². The number of amides is 1. The van der Waals surface area contributed by atoms with Gasteiger partial charge in [0, 0.05) is 17.0 Å². The summed E-state index contributed by atoms with van der Waals surface area (Å²) in [5.41, 5.74) is 4.13. The van der Waals surface area contributed by atoms with Crippen molar-refractivity contribution in [2.75, 3.05) is 6.61 Å². The van der Waals surface area contributed by atoms with Crippen LogP contribution in [0.1, 0.15) is 0 Å². The minimum atomic E-state index is -4.90. The molecule has 0 saturated heterocycles. The number of benzene rings is 2. The van der Waals surface area contributed by atoms with E-state index in [0.717, 1.165) is 6.07 Å². The third-order valence-corrected chi connectivity index (χ3v) is 3.49. The van der Waals surface area contributed by atoms with E-state index < -0.39 is 23.6 Å². The van der Waals surface area contributed by atoms with E-state index >= 15 is 0 Å². The van der Waals surface area contributed by atoms with Crippen LogP contribution in [0.4, 0.5) is 13.2 Å². The molecule has 1 heterocycles. The number of primary amides is 1. The summed E-state index contributed by atoms with van der Waals surface area (Å²) >= 11 is 0. The quantitative estimate of drug-likeness (QED) is 0.688. The Morgan fingerprint density at radius 1 is 1.07 bits per heavy atom. The van der Waals surface area contributed by atoms with Gasteiger partial charge in [-0.1, -0.05) is 18.2 Å². The molecule has 0 bridgehead atoms. The van der Waals surface area contributed by atoms with Gasteiger partial charge in [-0.25, -0.2) is 4.79 Å². The molecule has 27 heavy (non-hydrogen) atoms. The second-order valence-electron chi connectivity index (χ2n) is 5.45. The molecule has 0 radical (unpaired) electrons. The molecule has 0 fully saturated rings. The Bertz CT molecular complexity index is 1060. The van der Waals surface area contributed by atoms with Gasteiger partial charge in [0.2, 0.25) is 0 Å². The summed E-state index contributed by atoms with van der Waals surface area (Å²) < 4.78 is 52.1. The fourth-order valence-corrected chi connectivity index (χ4v) is 2.43. The topological polar surface area (TPSA) is 91.8 Å². The molecule has 0 saturated carbocycles. The van der Waals surface area contributed by atoms with E-state index in [1.165, 1.54) is 42.5 Å². The van der Waals surface area contributed by atoms with Crippen LogP contribution in [0, 0.1) is 0 Å². The zero-order valence-electron chi connectivity index (χ0n) is 13.6. The highest BCUT2D eigenvalue weighted by atomic mass is 19.4. The number of carbonyl (C=O) groups excluding carboxylic acids is 1. The summed E-state index contributed by atoms with van der Waals surface area (Å²) in [5, 5.41) is 0.442. The maximum atomic E-state index is 12.6. The van der Waals surface area contributed by atoms with E-state index in [-0.39, 0.29) is 29.1 Å². The van der Waals surface area contributed by atoms with Crippen LogP contribution in [-0.2, 0) is 4.79 Å². The van der Waals surface area contributed by atoms with Crippen molar-refractivity contribution in [3.05, 3.63) is 59.0 Å². The number of alkyl halides is 3. The van der Waals surface area contributed by atoms with Crippen LogP contribution in [-0.4, -0.2) is 18.9 Å². The van der Waals surface area contributed by atoms with Crippen molar-refractivity contribution in [2.45, 2.75) is 6.36 Å². The highest BCUT2D eigenvalue weighted by Crippen LogP contribution is 2.33. The largest absolute Gasteiger partial charge is 0.573 e. The highest BCUT2D eigenvalue weighted by Gasteiger charge is 2.32. The molecular formula is C18H12F3NO5. The molecule has 0 spiro atoms. The molecule has 2 aromatic carbocycles. The van der Waals surface area contributed by atoms with Crippen molar-refractivity contribution < 1.29 is 31.9 Å². The number of rotatable bonds is 5. The van der Waals surface area contributed by atoms with Crippen LogP contribution in [0.5, 0.6) is 11.5 Å². The van der Waals surface area contributed by atoms with Crippen molar-refractivity contribution in [3.8, 4) is 22.6 Å². The molecule has 0 unspecified atom stereocenters. The lowest BCUT2D eigenvalue weighted by Crippen LogP contribution is -2.20. The van der Waals surface area contributed by atoms with E-state index in [2.05, 4.69) is 4.74 Å². The van der Waals surface area contributed by atoms with Crippen LogP contribution in [0.3, 0.4) is 0 Å². The lowest BCUT2D eigenvalue weighted by atomic mass is 10.0. The molecule has 9 heteroatoms. The maximum absolute atomic E-state index is 12.6. The van der Waals surface area contributed by atoms with Crippen LogP contribution >= 0.6 is 0 Å². The maximum Gasteiger partial charge on any atom is 0.573 e. The van der Waals surface area contributed by atoms with E-state index in [4.69, 9.17) is 14.9 Å². The second-order valence-corrected chi connectivity index (χ2v) is 5.45. The van der Waals surface area contributed by atoms with Crippen molar-refractivity contribution >= 4 is 16.9 Å². The first-order valence-electron chi connectivity index (χ1n) is 7.57. The number of hydrogen-bond donors (Lipinski definition) is 1. The van der Waals surface area contributed by atoms with E-state index in [9.17, 15) is 22.8 Å². The molecule has 1 amide bonds. The number of nitrogens with two attached hydrogens (primary N) is 1. The summed E-state index contributed by atoms with van der Waals surface area (Å²) in [6, 6.07) is 11.1. The lowest BCUT2D eigenvalue weighted by Gasteiger charge is -2.13. The molecule has 3 aromatic rings. The van der Waals surface area contributed by atoms with E-state index in [1.54, 1.807) is 0 Å². The number of halogens is 3. The monoisotopic (exact) mass is 379 g/mol. The van der Waals surface area contributed by atoms with Crippen molar-refractivity contribution in [2.24, 2.45) is 5.73 Å². The lowest BCUT2D eigenvalue weighted by molar-refractivity contribution is -0.274. The van der Waals surface area contributed by atoms with Gasteiger partial charge in [0.15, 0.2) is 6.61 Å². The summed E-state index contributed by atoms with van der Waals surface area (Å²) in [6.07, 6.45) is -4.90. The molecule has 140 valence electrons. The van der Waals surface area contributed by atoms with E-state index in [1.807, 2.05) is 0 Å². The van der Waals surface area contributed by atoms with Crippen molar-refractivity contribution in [1.29, 1.82) is 0 Å². The smallest absolute Gasteiger partial charge is 0.484 e. The summed E-state index contributed by atoms with van der Waals surface area (Å²) in [5.74, 6) is -0.941. The zero-order valence-corrected chi connectivity index (χ0v) is 13.6. The molecule has 0 aliphatic carbocycles.